The first-order chi connectivity index (χ1) is 12.0. The lowest BCUT2D eigenvalue weighted by Crippen LogP contribution is -2.02. The first-order valence-electron chi connectivity index (χ1n) is 7.34. The van der Waals surface area contributed by atoms with Crippen LogP contribution in [0, 0.1) is 10.1 Å². The summed E-state index contributed by atoms with van der Waals surface area (Å²) < 4.78 is 15.3. The average Bonchev–Trinajstić information content (AvgIpc) is 2.64. The van der Waals surface area contributed by atoms with Crippen molar-refractivity contribution in [3.63, 3.8) is 0 Å². The minimum Gasteiger partial charge on any atom is -0.493 e. The summed E-state index contributed by atoms with van der Waals surface area (Å²) in [5.74, 6) is -0.327. The van der Waals surface area contributed by atoms with Crippen molar-refractivity contribution in [2.45, 2.75) is 6.61 Å². The molecule has 0 spiro atoms. The van der Waals surface area contributed by atoms with Gasteiger partial charge in [0.1, 0.15) is 6.61 Å². The molecule has 25 heavy (non-hydrogen) atoms. The molecule has 0 heterocycles. The summed E-state index contributed by atoms with van der Waals surface area (Å²) in [5.41, 5.74) is 1.04. The average molecular weight is 343 g/mol. The van der Waals surface area contributed by atoms with Gasteiger partial charge in [-0.15, -0.1) is 0 Å². The molecule has 0 bridgehead atoms. The number of nitro benzene ring substituents is 1. The number of methoxy groups -OCH3 is 2. The van der Waals surface area contributed by atoms with Crippen LogP contribution in [0.5, 0.6) is 11.5 Å². The van der Waals surface area contributed by atoms with Gasteiger partial charge in [-0.2, -0.15) is 0 Å². The summed E-state index contributed by atoms with van der Waals surface area (Å²) in [6.07, 6.45) is 2.57. The highest BCUT2D eigenvalue weighted by Crippen LogP contribution is 2.39. The van der Waals surface area contributed by atoms with E-state index in [9.17, 15) is 14.9 Å². The summed E-state index contributed by atoms with van der Waals surface area (Å²) in [7, 11) is 2.64. The predicted octanol–water partition coefficient (Wildman–Crippen LogP) is 3.37. The largest absolute Gasteiger partial charge is 0.493 e. The van der Waals surface area contributed by atoms with E-state index in [-0.39, 0.29) is 23.8 Å². The van der Waals surface area contributed by atoms with E-state index in [0.29, 0.717) is 5.56 Å². The Balaban J connectivity index is 2.35. The molecule has 7 nitrogen and oxygen atoms in total. The third kappa shape index (κ3) is 4.81. The highest BCUT2D eigenvalue weighted by atomic mass is 16.6. The van der Waals surface area contributed by atoms with Gasteiger partial charge in [0.15, 0.2) is 5.75 Å². The SMILES string of the molecule is COC(=O)/C=C/c1cc(OC)c(OCc2ccccc2)c([N+](=O)[O-])c1. The van der Waals surface area contributed by atoms with Gasteiger partial charge in [0.05, 0.1) is 19.1 Å². The molecule has 0 unspecified atom stereocenters. The molecule has 0 aliphatic rings. The van der Waals surface area contributed by atoms with Crippen molar-refractivity contribution in [2.75, 3.05) is 14.2 Å². The van der Waals surface area contributed by atoms with E-state index in [4.69, 9.17) is 9.47 Å². The van der Waals surface area contributed by atoms with E-state index in [0.717, 1.165) is 5.56 Å². The van der Waals surface area contributed by atoms with Crippen molar-refractivity contribution >= 4 is 17.7 Å². The van der Waals surface area contributed by atoms with Gasteiger partial charge in [0.25, 0.3) is 0 Å². The number of esters is 1. The molecule has 2 aromatic rings. The normalized spacial score (nSPS) is 10.5. The first-order valence-corrected chi connectivity index (χ1v) is 7.34. The molecule has 2 aromatic carbocycles. The molecule has 0 atom stereocenters. The van der Waals surface area contributed by atoms with Crippen LogP contribution in [0.4, 0.5) is 5.69 Å². The predicted molar refractivity (Wildman–Crippen MR) is 91.5 cm³/mol. The van der Waals surface area contributed by atoms with E-state index in [1.165, 1.54) is 32.4 Å². The van der Waals surface area contributed by atoms with Crippen molar-refractivity contribution in [3.8, 4) is 11.5 Å². The van der Waals surface area contributed by atoms with Gasteiger partial charge in [-0.25, -0.2) is 4.79 Å². The molecule has 7 heteroatoms. The zero-order valence-electron chi connectivity index (χ0n) is 13.8. The third-order valence-corrected chi connectivity index (χ3v) is 3.31. The summed E-state index contributed by atoms with van der Waals surface area (Å²) >= 11 is 0. The Bertz CT molecular complexity index is 786. The maximum Gasteiger partial charge on any atom is 0.330 e. The van der Waals surface area contributed by atoms with Crippen molar-refractivity contribution in [1.29, 1.82) is 0 Å². The molecule has 0 aromatic heterocycles. The van der Waals surface area contributed by atoms with Gasteiger partial charge < -0.3 is 14.2 Å². The van der Waals surface area contributed by atoms with E-state index in [2.05, 4.69) is 4.74 Å². The Morgan fingerprint density at radius 3 is 2.52 bits per heavy atom. The smallest absolute Gasteiger partial charge is 0.330 e. The lowest BCUT2D eigenvalue weighted by molar-refractivity contribution is -0.386. The van der Waals surface area contributed by atoms with Crippen LogP contribution in [0.15, 0.2) is 48.5 Å². The van der Waals surface area contributed by atoms with Crippen molar-refractivity contribution in [3.05, 3.63) is 69.8 Å². The Hall–Kier alpha value is -3.35. The Morgan fingerprint density at radius 2 is 1.92 bits per heavy atom. The van der Waals surface area contributed by atoms with Crippen LogP contribution in [0.3, 0.4) is 0 Å². The second kappa shape index (κ2) is 8.49. The van der Waals surface area contributed by atoms with Crippen LogP contribution < -0.4 is 9.47 Å². The molecule has 0 saturated carbocycles. The molecule has 0 fully saturated rings. The zero-order chi connectivity index (χ0) is 18.2. The minimum absolute atomic E-state index is 0.0339. The summed E-state index contributed by atoms with van der Waals surface area (Å²) in [4.78, 5) is 22.0. The Morgan fingerprint density at radius 1 is 1.20 bits per heavy atom. The number of carbonyl (C=O) groups excluding carboxylic acids is 1. The van der Waals surface area contributed by atoms with Gasteiger partial charge in [0, 0.05) is 12.1 Å². The number of hydrogen-bond acceptors (Lipinski definition) is 6. The summed E-state index contributed by atoms with van der Waals surface area (Å²) in [6.45, 7) is 0.162. The maximum absolute atomic E-state index is 11.4. The monoisotopic (exact) mass is 343 g/mol. The van der Waals surface area contributed by atoms with Crippen LogP contribution in [0.25, 0.3) is 6.08 Å². The van der Waals surface area contributed by atoms with Crippen LogP contribution in [0.1, 0.15) is 11.1 Å². The molecule has 0 aliphatic carbocycles. The fourth-order valence-electron chi connectivity index (χ4n) is 2.10. The topological polar surface area (TPSA) is 87.9 Å². The molecular weight excluding hydrogens is 326 g/mol. The van der Waals surface area contributed by atoms with Gasteiger partial charge in [-0.1, -0.05) is 30.3 Å². The number of benzene rings is 2. The highest BCUT2D eigenvalue weighted by molar-refractivity contribution is 5.87. The molecular formula is C18H17NO6. The van der Waals surface area contributed by atoms with Crippen LogP contribution in [-0.4, -0.2) is 25.1 Å². The summed E-state index contributed by atoms with van der Waals surface area (Å²) in [6, 6.07) is 12.1. The van der Waals surface area contributed by atoms with Gasteiger partial charge in [-0.05, 0) is 23.3 Å². The van der Waals surface area contributed by atoms with Gasteiger partial charge in [-0.3, -0.25) is 10.1 Å². The standard InChI is InChI=1S/C18H17NO6/c1-23-16-11-14(8-9-17(20)24-2)10-15(19(21)22)18(16)25-12-13-6-4-3-5-7-13/h3-11H,12H2,1-2H3/b9-8+. The maximum atomic E-state index is 11.4. The van der Waals surface area contributed by atoms with Gasteiger partial charge in [0.2, 0.25) is 5.75 Å². The lowest BCUT2D eigenvalue weighted by atomic mass is 10.1. The number of rotatable bonds is 7. The lowest BCUT2D eigenvalue weighted by Gasteiger charge is -2.12. The van der Waals surface area contributed by atoms with Crippen molar-refractivity contribution in [2.24, 2.45) is 0 Å². The fraction of sp³-hybridized carbons (Fsp3) is 0.167. The molecule has 0 radical (unpaired) electrons. The molecule has 0 saturated heterocycles. The number of nitro groups is 1. The summed E-state index contributed by atoms with van der Waals surface area (Å²) in [5, 5.41) is 11.4. The quantitative estimate of drug-likeness (QED) is 0.331. The minimum atomic E-state index is -0.564. The zero-order valence-corrected chi connectivity index (χ0v) is 13.8. The third-order valence-electron chi connectivity index (χ3n) is 3.31. The van der Waals surface area contributed by atoms with E-state index in [1.807, 2.05) is 30.3 Å². The van der Waals surface area contributed by atoms with E-state index in [1.54, 1.807) is 6.07 Å². The highest BCUT2D eigenvalue weighted by Gasteiger charge is 2.22. The van der Waals surface area contributed by atoms with Crippen LogP contribution in [0.2, 0.25) is 0 Å². The Kier molecular flexibility index (Phi) is 6.11. The van der Waals surface area contributed by atoms with E-state index < -0.39 is 10.9 Å². The molecule has 0 aliphatic heterocycles. The first kappa shape index (κ1) is 18.0. The number of ether oxygens (including phenoxy) is 3. The van der Waals surface area contributed by atoms with Crippen molar-refractivity contribution < 1.29 is 23.9 Å². The second-order valence-electron chi connectivity index (χ2n) is 4.96. The van der Waals surface area contributed by atoms with Crippen LogP contribution >= 0.6 is 0 Å². The van der Waals surface area contributed by atoms with Gasteiger partial charge >= 0.3 is 11.7 Å². The van der Waals surface area contributed by atoms with E-state index >= 15 is 0 Å². The number of hydrogen-bond donors (Lipinski definition) is 0. The molecule has 0 amide bonds. The van der Waals surface area contributed by atoms with Crippen molar-refractivity contribution in [1.82, 2.24) is 0 Å². The molecule has 0 N–H and O–H groups in total. The molecule has 2 rings (SSSR count). The number of nitrogens with zero attached hydrogens (tertiary/aromatic N) is 1. The second-order valence-corrected chi connectivity index (χ2v) is 4.96. The number of carbonyl (C=O) groups is 1. The Labute approximate surface area is 144 Å². The fourth-order valence-corrected chi connectivity index (χ4v) is 2.10. The van der Waals surface area contributed by atoms with Crippen LogP contribution in [-0.2, 0) is 16.1 Å². The molecule has 130 valence electrons.